The summed E-state index contributed by atoms with van der Waals surface area (Å²) < 4.78 is 1.27. The summed E-state index contributed by atoms with van der Waals surface area (Å²) in [7, 11) is 0. The van der Waals surface area contributed by atoms with Crippen LogP contribution < -0.4 is 4.46 Å². The Balaban J connectivity index is 2.08. The number of hydrogen-bond donors (Lipinski definition) is 1. The third kappa shape index (κ3) is 5.82. The Morgan fingerprint density at radius 3 is 2.44 bits per heavy atom. The molecule has 2 rings (SSSR count). The summed E-state index contributed by atoms with van der Waals surface area (Å²) in [6.45, 7) is 7.51. The average molecular weight is 399 g/mol. The van der Waals surface area contributed by atoms with Crippen LogP contribution in [0.4, 0.5) is 0 Å². The number of aryl methyl sites for hydroxylation is 1. The molecule has 0 fully saturated rings. The molecule has 2 atom stereocenters. The van der Waals surface area contributed by atoms with Gasteiger partial charge in [0.15, 0.2) is 0 Å². The molecule has 0 saturated carbocycles. The molecule has 0 bridgehead atoms. The van der Waals surface area contributed by atoms with Crippen LogP contribution in [0.15, 0.2) is 79.9 Å². The maximum absolute atomic E-state index is 12.7. The Morgan fingerprint density at radius 1 is 1.08 bits per heavy atom. The van der Waals surface area contributed by atoms with E-state index in [1.807, 2.05) is 54.6 Å². The molecule has 2 aromatic rings. The van der Waals surface area contributed by atoms with Gasteiger partial charge >= 0.3 is 156 Å². The molecule has 25 heavy (non-hydrogen) atoms. The SMILES string of the molecule is C=CCC(O)[C@@H](C=C)CCc1ccccc1C(=O)[Se]c1ccccc1. The van der Waals surface area contributed by atoms with Crippen molar-refractivity contribution in [3.8, 4) is 0 Å². The van der Waals surface area contributed by atoms with E-state index in [9.17, 15) is 9.90 Å². The molecular formula is C22H24O2Se. The minimum atomic E-state index is -0.466. The van der Waals surface area contributed by atoms with Gasteiger partial charge in [-0.05, 0) is 0 Å². The Morgan fingerprint density at radius 2 is 1.76 bits per heavy atom. The molecule has 0 radical (unpaired) electrons. The zero-order chi connectivity index (χ0) is 18.1. The van der Waals surface area contributed by atoms with E-state index in [0.717, 1.165) is 28.4 Å². The van der Waals surface area contributed by atoms with Gasteiger partial charge in [-0.3, -0.25) is 0 Å². The first-order chi connectivity index (χ1) is 12.2. The second-order valence-corrected chi connectivity index (χ2v) is 8.08. The standard InChI is InChI=1S/C22H24O2Se/c1-3-10-21(23)17(4-2)15-16-18-11-8-9-14-20(18)22(24)25-19-12-6-5-7-13-19/h3-9,11-14,17,21,23H,1-2,10,15-16H2/t17-,21?/m0/s1. The van der Waals surface area contributed by atoms with Gasteiger partial charge in [0, 0.05) is 0 Å². The molecule has 0 aromatic heterocycles. The number of carbonyl (C=O) groups excluding carboxylic acids is 1. The van der Waals surface area contributed by atoms with Gasteiger partial charge in [0.25, 0.3) is 0 Å². The molecule has 0 aliphatic heterocycles. The first kappa shape index (κ1) is 19.4. The van der Waals surface area contributed by atoms with Gasteiger partial charge in [0.2, 0.25) is 0 Å². The molecule has 2 nitrogen and oxygen atoms in total. The van der Waals surface area contributed by atoms with E-state index in [4.69, 9.17) is 0 Å². The molecule has 1 unspecified atom stereocenters. The fourth-order valence-corrected chi connectivity index (χ4v) is 4.44. The number of aliphatic hydroxyl groups excluding tert-OH is 1. The van der Waals surface area contributed by atoms with Crippen LogP contribution in [0.25, 0.3) is 0 Å². The molecule has 0 aliphatic carbocycles. The van der Waals surface area contributed by atoms with E-state index in [2.05, 4.69) is 13.2 Å². The Kier molecular flexibility index (Phi) is 7.87. The van der Waals surface area contributed by atoms with Gasteiger partial charge in [0.05, 0.1) is 0 Å². The summed E-state index contributed by atoms with van der Waals surface area (Å²) in [6.07, 6.45) is 5.12. The van der Waals surface area contributed by atoms with Crippen LogP contribution in [0.5, 0.6) is 0 Å². The first-order valence-corrected chi connectivity index (χ1v) is 10.1. The van der Waals surface area contributed by atoms with Crippen LogP contribution >= 0.6 is 0 Å². The number of rotatable bonds is 10. The van der Waals surface area contributed by atoms with Crippen LogP contribution in [0.2, 0.25) is 0 Å². The van der Waals surface area contributed by atoms with Crippen LogP contribution in [0.3, 0.4) is 0 Å². The Hall–Kier alpha value is -1.93. The van der Waals surface area contributed by atoms with Gasteiger partial charge in [0.1, 0.15) is 0 Å². The van der Waals surface area contributed by atoms with Crippen LogP contribution in [-0.2, 0) is 6.42 Å². The third-order valence-corrected chi connectivity index (χ3v) is 6.06. The van der Waals surface area contributed by atoms with E-state index < -0.39 is 6.10 Å². The summed E-state index contributed by atoms with van der Waals surface area (Å²) in [5, 5.41) is 10.2. The molecule has 1 N–H and O–H groups in total. The van der Waals surface area contributed by atoms with Gasteiger partial charge in [-0.2, -0.15) is 0 Å². The first-order valence-electron chi connectivity index (χ1n) is 8.42. The van der Waals surface area contributed by atoms with Crippen molar-refractivity contribution in [1.82, 2.24) is 0 Å². The van der Waals surface area contributed by atoms with E-state index >= 15 is 0 Å². The molecular weight excluding hydrogens is 375 g/mol. The normalized spacial score (nSPS) is 13.0. The third-order valence-electron chi connectivity index (χ3n) is 4.14. The number of carbonyl (C=O) groups is 1. The van der Waals surface area contributed by atoms with Crippen molar-refractivity contribution in [2.75, 3.05) is 0 Å². The average Bonchev–Trinajstić information content (AvgIpc) is 2.63. The zero-order valence-corrected chi connectivity index (χ0v) is 16.0. The Bertz CT molecular complexity index is 709. The van der Waals surface area contributed by atoms with Crippen molar-refractivity contribution in [1.29, 1.82) is 0 Å². The minimum absolute atomic E-state index is 0.000733. The van der Waals surface area contributed by atoms with E-state index in [1.165, 1.54) is 0 Å². The molecule has 0 spiro atoms. The van der Waals surface area contributed by atoms with Gasteiger partial charge < -0.3 is 0 Å². The van der Waals surface area contributed by atoms with Crippen LogP contribution in [0, 0.1) is 5.92 Å². The summed E-state index contributed by atoms with van der Waals surface area (Å²) in [5.74, 6) is 0.000733. The monoisotopic (exact) mass is 400 g/mol. The summed E-state index contributed by atoms with van der Waals surface area (Å²) in [6, 6.07) is 17.7. The predicted octanol–water partition coefficient (Wildman–Crippen LogP) is 3.53. The van der Waals surface area contributed by atoms with Crippen molar-refractivity contribution < 1.29 is 9.90 Å². The van der Waals surface area contributed by atoms with E-state index in [1.54, 1.807) is 12.2 Å². The molecule has 0 amide bonds. The molecule has 130 valence electrons. The number of hydrogen-bond acceptors (Lipinski definition) is 2. The van der Waals surface area contributed by atoms with Crippen LogP contribution in [-0.4, -0.2) is 30.8 Å². The van der Waals surface area contributed by atoms with Crippen molar-refractivity contribution >= 4 is 24.1 Å². The Labute approximate surface area is 156 Å². The number of aliphatic hydroxyl groups is 1. The topological polar surface area (TPSA) is 37.3 Å². The van der Waals surface area contributed by atoms with Crippen molar-refractivity contribution in [3.05, 3.63) is 91.0 Å². The number of benzene rings is 2. The van der Waals surface area contributed by atoms with Gasteiger partial charge in [-0.25, -0.2) is 0 Å². The van der Waals surface area contributed by atoms with Crippen molar-refractivity contribution in [3.63, 3.8) is 0 Å². The fourth-order valence-electron chi connectivity index (χ4n) is 2.72. The molecule has 2 aromatic carbocycles. The van der Waals surface area contributed by atoms with Gasteiger partial charge in [-0.15, -0.1) is 0 Å². The summed E-state index contributed by atoms with van der Waals surface area (Å²) in [4.78, 5) is 12.7. The van der Waals surface area contributed by atoms with Crippen LogP contribution in [0.1, 0.15) is 28.8 Å². The predicted molar refractivity (Wildman–Crippen MR) is 105 cm³/mol. The van der Waals surface area contributed by atoms with Crippen molar-refractivity contribution in [2.45, 2.75) is 25.4 Å². The summed E-state index contributed by atoms with van der Waals surface area (Å²) in [5.41, 5.74) is 1.84. The second-order valence-electron chi connectivity index (χ2n) is 5.89. The molecule has 0 heterocycles. The quantitative estimate of drug-likeness (QED) is 0.490. The van der Waals surface area contributed by atoms with Gasteiger partial charge in [-0.1, -0.05) is 0 Å². The van der Waals surface area contributed by atoms with E-state index in [0.29, 0.717) is 6.42 Å². The fraction of sp³-hybridized carbons (Fsp3) is 0.227. The van der Waals surface area contributed by atoms with Crippen molar-refractivity contribution in [2.24, 2.45) is 5.92 Å². The maximum atomic E-state index is 12.7. The summed E-state index contributed by atoms with van der Waals surface area (Å²) >= 11 is -0.225. The molecule has 3 heteroatoms. The second kappa shape index (κ2) is 10.1. The zero-order valence-electron chi connectivity index (χ0n) is 14.3. The molecule has 0 saturated heterocycles. The van der Waals surface area contributed by atoms with E-state index in [-0.39, 0.29) is 25.6 Å². The molecule has 0 aliphatic rings.